The molecule has 0 unspecified atom stereocenters. The Morgan fingerprint density at radius 1 is 1.47 bits per heavy atom. The van der Waals surface area contributed by atoms with Gasteiger partial charge in [0.25, 0.3) is 5.91 Å². The van der Waals surface area contributed by atoms with Crippen LogP contribution in [0.15, 0.2) is 18.3 Å². The number of nitrogens with one attached hydrogen (secondary N) is 2. The Kier molecular flexibility index (Phi) is 5.69. The second-order valence-electron chi connectivity index (χ2n) is 5.10. The molecule has 1 aliphatic heterocycles. The Hall–Kier alpha value is -1.20. The maximum absolute atomic E-state index is 12.7. The van der Waals surface area contributed by atoms with Crippen molar-refractivity contribution in [2.45, 2.75) is 19.8 Å². The lowest BCUT2D eigenvalue weighted by molar-refractivity contribution is 0.0917. The van der Waals surface area contributed by atoms with Crippen LogP contribution in [-0.4, -0.2) is 30.5 Å². The maximum atomic E-state index is 12.7. The van der Waals surface area contributed by atoms with Crippen molar-refractivity contribution in [1.82, 2.24) is 15.6 Å². The van der Waals surface area contributed by atoms with E-state index in [1.165, 1.54) is 12.1 Å². The summed E-state index contributed by atoms with van der Waals surface area (Å²) in [6.07, 6.45) is 3.15. The lowest BCUT2D eigenvalue weighted by Gasteiger charge is -2.34. The first-order valence-corrected chi connectivity index (χ1v) is 6.20. The molecule has 106 valence electrons. The van der Waals surface area contributed by atoms with Crippen molar-refractivity contribution in [2.24, 2.45) is 5.41 Å². The van der Waals surface area contributed by atoms with Crippen LogP contribution in [0.4, 0.5) is 4.39 Å². The Morgan fingerprint density at radius 2 is 2.16 bits per heavy atom. The fourth-order valence-corrected chi connectivity index (χ4v) is 2.10. The highest BCUT2D eigenvalue weighted by Crippen LogP contribution is 2.26. The monoisotopic (exact) mass is 287 g/mol. The molecule has 6 heteroatoms. The van der Waals surface area contributed by atoms with Gasteiger partial charge in [-0.1, -0.05) is 6.92 Å². The van der Waals surface area contributed by atoms with Crippen molar-refractivity contribution in [1.29, 1.82) is 0 Å². The van der Waals surface area contributed by atoms with E-state index in [4.69, 9.17) is 0 Å². The second-order valence-corrected chi connectivity index (χ2v) is 5.10. The Balaban J connectivity index is 0.00000180. The third-order valence-corrected chi connectivity index (χ3v) is 3.45. The fourth-order valence-electron chi connectivity index (χ4n) is 2.10. The number of amides is 1. The summed E-state index contributed by atoms with van der Waals surface area (Å²) in [7, 11) is 0. The molecule has 0 radical (unpaired) electrons. The summed E-state index contributed by atoms with van der Waals surface area (Å²) in [6.45, 7) is 4.78. The molecule has 4 nitrogen and oxygen atoms in total. The predicted octanol–water partition coefficient (Wildman–Crippen LogP) is 1.76. The Morgan fingerprint density at radius 3 is 2.74 bits per heavy atom. The average molecular weight is 288 g/mol. The molecule has 1 amide bonds. The SMILES string of the molecule is CC1(CNC(=O)c2ccc(F)cn2)CCNCC1.Cl. The molecule has 0 spiro atoms. The minimum Gasteiger partial charge on any atom is -0.350 e. The Bertz CT molecular complexity index is 418. The van der Waals surface area contributed by atoms with Gasteiger partial charge in [-0.15, -0.1) is 12.4 Å². The van der Waals surface area contributed by atoms with Crippen molar-refractivity contribution in [2.75, 3.05) is 19.6 Å². The third-order valence-electron chi connectivity index (χ3n) is 3.45. The second kappa shape index (κ2) is 6.82. The molecule has 0 atom stereocenters. The van der Waals surface area contributed by atoms with Crippen molar-refractivity contribution in [3.05, 3.63) is 29.8 Å². The number of piperidine rings is 1. The van der Waals surface area contributed by atoms with Gasteiger partial charge in [0.15, 0.2) is 0 Å². The molecule has 2 rings (SSSR count). The quantitative estimate of drug-likeness (QED) is 0.891. The van der Waals surface area contributed by atoms with E-state index in [1.54, 1.807) is 0 Å². The number of hydrogen-bond donors (Lipinski definition) is 2. The number of halogens is 2. The molecule has 1 saturated heterocycles. The summed E-state index contributed by atoms with van der Waals surface area (Å²) < 4.78 is 12.7. The van der Waals surface area contributed by atoms with Gasteiger partial charge in [0.05, 0.1) is 6.20 Å². The first-order chi connectivity index (χ1) is 8.59. The van der Waals surface area contributed by atoms with Gasteiger partial charge in [-0.3, -0.25) is 4.79 Å². The fraction of sp³-hybridized carbons (Fsp3) is 0.538. The minimum atomic E-state index is -0.433. The van der Waals surface area contributed by atoms with Gasteiger partial charge < -0.3 is 10.6 Å². The molecule has 1 aliphatic rings. The smallest absolute Gasteiger partial charge is 0.269 e. The first-order valence-electron chi connectivity index (χ1n) is 6.20. The van der Waals surface area contributed by atoms with Gasteiger partial charge in [0.1, 0.15) is 11.5 Å². The maximum Gasteiger partial charge on any atom is 0.269 e. The van der Waals surface area contributed by atoms with Crippen LogP contribution in [-0.2, 0) is 0 Å². The van der Waals surface area contributed by atoms with Crippen LogP contribution in [0.5, 0.6) is 0 Å². The lowest BCUT2D eigenvalue weighted by atomic mass is 9.81. The van der Waals surface area contributed by atoms with Crippen LogP contribution < -0.4 is 10.6 Å². The molecular weight excluding hydrogens is 269 g/mol. The van der Waals surface area contributed by atoms with E-state index in [0.717, 1.165) is 32.1 Å². The van der Waals surface area contributed by atoms with E-state index < -0.39 is 5.82 Å². The summed E-state index contributed by atoms with van der Waals surface area (Å²) in [4.78, 5) is 15.6. The number of nitrogens with zero attached hydrogens (tertiary/aromatic N) is 1. The topological polar surface area (TPSA) is 54.0 Å². The summed E-state index contributed by atoms with van der Waals surface area (Å²) in [5.74, 6) is -0.674. The van der Waals surface area contributed by atoms with E-state index in [9.17, 15) is 9.18 Å². The Labute approximate surface area is 118 Å². The molecule has 1 fully saturated rings. The first kappa shape index (κ1) is 15.9. The van der Waals surface area contributed by atoms with Crippen molar-refractivity contribution >= 4 is 18.3 Å². The molecule has 1 aromatic heterocycles. The van der Waals surface area contributed by atoms with Gasteiger partial charge in [-0.2, -0.15) is 0 Å². The highest BCUT2D eigenvalue weighted by atomic mass is 35.5. The lowest BCUT2D eigenvalue weighted by Crippen LogP contribution is -2.43. The normalized spacial score (nSPS) is 17.4. The zero-order valence-electron chi connectivity index (χ0n) is 10.9. The van der Waals surface area contributed by atoms with Crippen LogP contribution in [0, 0.1) is 11.2 Å². The summed E-state index contributed by atoms with van der Waals surface area (Å²) in [5.41, 5.74) is 0.398. The van der Waals surface area contributed by atoms with Gasteiger partial charge in [0.2, 0.25) is 0 Å². The zero-order valence-corrected chi connectivity index (χ0v) is 11.7. The van der Waals surface area contributed by atoms with E-state index in [2.05, 4.69) is 22.5 Å². The number of rotatable bonds is 3. The van der Waals surface area contributed by atoms with Crippen LogP contribution >= 0.6 is 12.4 Å². The molecule has 2 heterocycles. The van der Waals surface area contributed by atoms with E-state index >= 15 is 0 Å². The molecule has 2 N–H and O–H groups in total. The largest absolute Gasteiger partial charge is 0.350 e. The number of aromatic nitrogens is 1. The van der Waals surface area contributed by atoms with Gasteiger partial charge in [0, 0.05) is 6.54 Å². The summed E-state index contributed by atoms with van der Waals surface area (Å²) in [6, 6.07) is 2.64. The molecule has 1 aromatic rings. The predicted molar refractivity (Wildman–Crippen MR) is 74.0 cm³/mol. The number of carbonyl (C=O) groups excluding carboxylic acids is 1. The number of carbonyl (C=O) groups is 1. The highest BCUT2D eigenvalue weighted by molar-refractivity contribution is 5.92. The zero-order chi connectivity index (χ0) is 13.0. The van der Waals surface area contributed by atoms with Crippen LogP contribution in [0.1, 0.15) is 30.3 Å². The number of pyridine rings is 1. The van der Waals surface area contributed by atoms with Crippen molar-refractivity contribution in [3.8, 4) is 0 Å². The molecule has 19 heavy (non-hydrogen) atoms. The molecule has 0 saturated carbocycles. The molecule has 0 bridgehead atoms. The standard InChI is InChI=1S/C13H18FN3O.ClH/c1-13(4-6-15-7-5-13)9-17-12(18)11-3-2-10(14)8-16-11;/h2-3,8,15H,4-7,9H2,1H3,(H,17,18);1H. The van der Waals surface area contributed by atoms with Gasteiger partial charge in [-0.05, 0) is 43.5 Å². The molecule has 0 aliphatic carbocycles. The van der Waals surface area contributed by atoms with Crippen LogP contribution in [0.3, 0.4) is 0 Å². The third kappa shape index (κ3) is 4.44. The van der Waals surface area contributed by atoms with Crippen molar-refractivity contribution in [3.63, 3.8) is 0 Å². The van der Waals surface area contributed by atoms with Gasteiger partial charge >= 0.3 is 0 Å². The average Bonchev–Trinajstić information content (AvgIpc) is 2.38. The van der Waals surface area contributed by atoms with Crippen LogP contribution in [0.25, 0.3) is 0 Å². The van der Waals surface area contributed by atoms with E-state index in [0.29, 0.717) is 6.54 Å². The van der Waals surface area contributed by atoms with E-state index in [-0.39, 0.29) is 29.4 Å². The minimum absolute atomic E-state index is 0. The summed E-state index contributed by atoms with van der Waals surface area (Å²) >= 11 is 0. The van der Waals surface area contributed by atoms with Gasteiger partial charge in [-0.25, -0.2) is 9.37 Å². The van der Waals surface area contributed by atoms with E-state index in [1.807, 2.05) is 0 Å². The van der Waals surface area contributed by atoms with Crippen LogP contribution in [0.2, 0.25) is 0 Å². The highest BCUT2D eigenvalue weighted by Gasteiger charge is 2.27. The number of hydrogen-bond acceptors (Lipinski definition) is 3. The molecular formula is C13H19ClFN3O. The summed E-state index contributed by atoms with van der Waals surface area (Å²) in [5, 5.41) is 6.18. The van der Waals surface area contributed by atoms with Crippen molar-refractivity contribution < 1.29 is 9.18 Å². The molecule has 0 aromatic carbocycles.